The molecule has 0 aliphatic carbocycles. The molecule has 146 valence electrons. The minimum atomic E-state index is -0.369. The van der Waals surface area contributed by atoms with E-state index in [1.807, 2.05) is 24.3 Å². The third-order valence-corrected chi connectivity index (χ3v) is 5.21. The average Bonchev–Trinajstić information content (AvgIpc) is 3.00. The summed E-state index contributed by atoms with van der Waals surface area (Å²) >= 11 is 0. The van der Waals surface area contributed by atoms with Gasteiger partial charge in [0.15, 0.2) is 0 Å². The Kier molecular flexibility index (Phi) is 5.30. The minimum absolute atomic E-state index is 0.245. The van der Waals surface area contributed by atoms with Crippen LogP contribution in [-0.2, 0) is 4.79 Å². The van der Waals surface area contributed by atoms with Crippen molar-refractivity contribution >= 4 is 22.9 Å². The lowest BCUT2D eigenvalue weighted by Crippen LogP contribution is -2.34. The smallest absolute Gasteiger partial charge is 0.257 e. The molecule has 0 saturated carbocycles. The lowest BCUT2D eigenvalue weighted by Gasteiger charge is -2.29. The molecule has 5 nitrogen and oxygen atoms in total. The Morgan fingerprint density at radius 3 is 2.89 bits per heavy atom. The van der Waals surface area contributed by atoms with Gasteiger partial charge in [-0.1, -0.05) is 0 Å². The van der Waals surface area contributed by atoms with Crippen LogP contribution in [0.4, 0.5) is 15.8 Å². The first-order chi connectivity index (χ1) is 13.6. The van der Waals surface area contributed by atoms with Crippen molar-refractivity contribution in [2.24, 2.45) is 5.92 Å². The minimum Gasteiger partial charge on any atom is -0.493 e. The number of carbonyl (C=O) groups is 1. The number of carbonyl (C=O) groups excluding carboxylic acids is 1. The summed E-state index contributed by atoms with van der Waals surface area (Å²) < 4.78 is 19.4. The van der Waals surface area contributed by atoms with Crippen LogP contribution >= 0.6 is 0 Å². The topological polar surface area (TPSA) is 53.6 Å². The van der Waals surface area contributed by atoms with Crippen LogP contribution in [-0.4, -0.2) is 37.6 Å². The van der Waals surface area contributed by atoms with Gasteiger partial charge in [0.05, 0.1) is 12.2 Å². The molecule has 1 fully saturated rings. The molecule has 0 radical (unpaired) electrons. The molecule has 2 aromatic rings. The van der Waals surface area contributed by atoms with E-state index in [4.69, 9.17) is 4.74 Å². The highest BCUT2D eigenvalue weighted by Gasteiger charge is 2.24. The summed E-state index contributed by atoms with van der Waals surface area (Å²) in [6.45, 7) is 2.97. The van der Waals surface area contributed by atoms with E-state index < -0.39 is 0 Å². The molecule has 1 saturated heterocycles. The second kappa shape index (κ2) is 8.02. The fourth-order valence-corrected chi connectivity index (χ4v) is 3.73. The maximum absolute atomic E-state index is 13.5. The van der Waals surface area contributed by atoms with Crippen LogP contribution in [0.5, 0.6) is 5.75 Å². The number of nitrogens with one attached hydrogen (secondary N) is 2. The predicted octanol–water partition coefficient (Wildman–Crippen LogP) is 3.95. The van der Waals surface area contributed by atoms with Crippen molar-refractivity contribution in [1.82, 2.24) is 4.90 Å². The molecule has 1 amide bonds. The Balaban J connectivity index is 1.37. The lowest BCUT2D eigenvalue weighted by atomic mass is 10.00. The molecule has 0 aromatic heterocycles. The fourth-order valence-electron chi connectivity index (χ4n) is 3.73. The number of anilines is 2. The molecule has 1 unspecified atom stereocenters. The van der Waals surface area contributed by atoms with Gasteiger partial charge < -0.3 is 20.3 Å². The molecule has 2 aromatic carbocycles. The van der Waals surface area contributed by atoms with Crippen LogP contribution in [0.25, 0.3) is 5.57 Å². The van der Waals surface area contributed by atoms with E-state index in [9.17, 15) is 9.18 Å². The number of rotatable bonds is 5. The monoisotopic (exact) mass is 381 g/mol. The number of nitrogens with zero attached hydrogens (tertiary/aromatic N) is 1. The number of amides is 1. The molecule has 2 aliphatic rings. The van der Waals surface area contributed by atoms with E-state index in [2.05, 4.69) is 22.6 Å². The number of hydrogen-bond donors (Lipinski definition) is 2. The van der Waals surface area contributed by atoms with Gasteiger partial charge in [0, 0.05) is 35.6 Å². The van der Waals surface area contributed by atoms with Crippen LogP contribution in [0, 0.1) is 11.7 Å². The van der Waals surface area contributed by atoms with Crippen LogP contribution in [0.3, 0.4) is 0 Å². The molecule has 0 spiro atoms. The Hall–Kier alpha value is -2.86. The number of benzene rings is 2. The second-order valence-corrected chi connectivity index (χ2v) is 7.45. The zero-order chi connectivity index (χ0) is 19.5. The number of fused-ring (bicyclic) bond motifs is 1. The van der Waals surface area contributed by atoms with E-state index in [0.29, 0.717) is 22.7 Å². The molecule has 0 bridgehead atoms. The normalized spacial score (nSPS) is 20.7. The summed E-state index contributed by atoms with van der Waals surface area (Å²) in [5.74, 6) is 0.789. The van der Waals surface area contributed by atoms with Crippen molar-refractivity contribution in [2.75, 3.05) is 37.4 Å². The quantitative estimate of drug-likeness (QED) is 0.770. The molecule has 2 aliphatic heterocycles. The van der Waals surface area contributed by atoms with Crippen molar-refractivity contribution in [2.45, 2.75) is 12.8 Å². The van der Waals surface area contributed by atoms with Crippen LogP contribution in [0.15, 0.2) is 48.7 Å². The van der Waals surface area contributed by atoms with Crippen molar-refractivity contribution in [3.8, 4) is 5.75 Å². The van der Waals surface area contributed by atoms with Gasteiger partial charge in [-0.15, -0.1) is 0 Å². The molecular formula is C22H24FN3O2. The van der Waals surface area contributed by atoms with E-state index in [1.165, 1.54) is 31.5 Å². The van der Waals surface area contributed by atoms with Crippen molar-refractivity contribution in [1.29, 1.82) is 0 Å². The van der Waals surface area contributed by atoms with Gasteiger partial charge >= 0.3 is 0 Å². The van der Waals surface area contributed by atoms with Crippen molar-refractivity contribution in [3.05, 3.63) is 60.0 Å². The summed E-state index contributed by atoms with van der Waals surface area (Å²) in [7, 11) is 2.15. The van der Waals surface area contributed by atoms with Crippen molar-refractivity contribution < 1.29 is 13.9 Å². The predicted molar refractivity (Wildman–Crippen MR) is 109 cm³/mol. The molecule has 1 atom stereocenters. The highest BCUT2D eigenvalue weighted by Crippen LogP contribution is 2.32. The largest absolute Gasteiger partial charge is 0.493 e. The van der Waals surface area contributed by atoms with E-state index in [0.717, 1.165) is 24.6 Å². The molecule has 2 heterocycles. The first kappa shape index (κ1) is 18.5. The standard InChI is InChI=1S/C22H24FN3O2/c1-26-10-2-3-15(13-26)14-28-18-7-5-17(6-8-18)24-12-20-19-11-16(23)4-9-21(19)25-22(20)27/h4-9,11-12,15,24H,2-3,10,13-14H2,1H3,(H,25,27)/b20-12-. The van der Waals surface area contributed by atoms with Gasteiger partial charge in [-0.25, -0.2) is 4.39 Å². The Morgan fingerprint density at radius 1 is 1.29 bits per heavy atom. The summed E-state index contributed by atoms with van der Waals surface area (Å²) in [5.41, 5.74) is 2.43. The van der Waals surface area contributed by atoms with Crippen LogP contribution < -0.4 is 15.4 Å². The molecule has 4 rings (SSSR count). The molecule has 6 heteroatoms. The number of piperidine rings is 1. The van der Waals surface area contributed by atoms with Gasteiger partial charge in [0.25, 0.3) is 5.91 Å². The second-order valence-electron chi connectivity index (χ2n) is 7.45. The fraction of sp³-hybridized carbons (Fsp3) is 0.318. The average molecular weight is 381 g/mol. The Labute approximate surface area is 164 Å². The SMILES string of the molecule is CN1CCCC(COc2ccc(N/C=C3\C(=O)Nc4ccc(F)cc43)cc2)C1. The van der Waals surface area contributed by atoms with Gasteiger partial charge in [-0.2, -0.15) is 0 Å². The van der Waals surface area contributed by atoms with Gasteiger partial charge in [0.2, 0.25) is 0 Å². The summed E-state index contributed by atoms with van der Waals surface area (Å²) in [4.78, 5) is 14.5. The van der Waals surface area contributed by atoms with E-state index >= 15 is 0 Å². The maximum Gasteiger partial charge on any atom is 0.257 e. The summed E-state index contributed by atoms with van der Waals surface area (Å²) in [6, 6.07) is 11.9. The lowest BCUT2D eigenvalue weighted by molar-refractivity contribution is -0.110. The Morgan fingerprint density at radius 2 is 2.11 bits per heavy atom. The summed E-state index contributed by atoms with van der Waals surface area (Å²) in [5, 5.41) is 5.84. The first-order valence-corrected chi connectivity index (χ1v) is 9.58. The number of likely N-dealkylation sites (tertiary alicyclic amines) is 1. The highest BCUT2D eigenvalue weighted by atomic mass is 19.1. The summed E-state index contributed by atoms with van der Waals surface area (Å²) in [6.07, 6.45) is 4.04. The Bertz CT molecular complexity index is 895. The van der Waals surface area contributed by atoms with Crippen molar-refractivity contribution in [3.63, 3.8) is 0 Å². The maximum atomic E-state index is 13.5. The number of halogens is 1. The number of hydrogen-bond acceptors (Lipinski definition) is 4. The third kappa shape index (κ3) is 4.17. The van der Waals surface area contributed by atoms with E-state index in [-0.39, 0.29) is 11.7 Å². The van der Waals surface area contributed by atoms with E-state index in [1.54, 1.807) is 12.3 Å². The zero-order valence-corrected chi connectivity index (χ0v) is 15.9. The highest BCUT2D eigenvalue weighted by molar-refractivity contribution is 6.31. The van der Waals surface area contributed by atoms with Gasteiger partial charge in [-0.05, 0) is 68.9 Å². The molecule has 28 heavy (non-hydrogen) atoms. The van der Waals surface area contributed by atoms with Gasteiger partial charge in [-0.3, -0.25) is 4.79 Å². The zero-order valence-electron chi connectivity index (χ0n) is 15.9. The molecular weight excluding hydrogens is 357 g/mol. The van der Waals surface area contributed by atoms with Crippen LogP contribution in [0.1, 0.15) is 18.4 Å². The first-order valence-electron chi connectivity index (χ1n) is 9.58. The number of ether oxygens (including phenoxy) is 1. The van der Waals surface area contributed by atoms with Gasteiger partial charge in [0.1, 0.15) is 11.6 Å². The van der Waals surface area contributed by atoms with Crippen LogP contribution in [0.2, 0.25) is 0 Å². The molecule has 2 N–H and O–H groups in total. The third-order valence-electron chi connectivity index (χ3n) is 5.21.